The third-order valence-corrected chi connectivity index (χ3v) is 6.17. The molecule has 5 nitrogen and oxygen atoms in total. The Morgan fingerprint density at radius 1 is 0.971 bits per heavy atom. The standard InChI is InChI=1S/C28H26BrN3O2/c1-17(18-5-9-20(10-6-18)28(2,3)4)31-32-27(34)24-16-26(19-7-12-22(33)13-8-19)30-25-14-11-21(29)15-23(24)25/h5-16,33H,1-4H3,(H,32,34). The normalized spacial score (nSPS) is 12.1. The molecule has 0 fully saturated rings. The fourth-order valence-corrected chi connectivity index (χ4v) is 4.00. The number of pyridine rings is 1. The number of carbonyl (C=O) groups is 1. The third kappa shape index (κ3) is 5.18. The number of halogens is 1. The lowest BCUT2D eigenvalue weighted by atomic mass is 9.86. The highest BCUT2D eigenvalue weighted by atomic mass is 79.9. The van der Waals surface area contributed by atoms with E-state index in [2.05, 4.69) is 59.4 Å². The Labute approximate surface area is 207 Å². The molecule has 0 unspecified atom stereocenters. The molecule has 0 aliphatic rings. The monoisotopic (exact) mass is 515 g/mol. The fourth-order valence-electron chi connectivity index (χ4n) is 3.64. The number of carbonyl (C=O) groups excluding carboxylic acids is 1. The van der Waals surface area contributed by atoms with E-state index < -0.39 is 0 Å². The number of phenols is 1. The maximum atomic E-state index is 13.2. The Balaban J connectivity index is 1.67. The minimum absolute atomic E-state index is 0.0731. The van der Waals surface area contributed by atoms with Gasteiger partial charge in [0.25, 0.3) is 5.91 Å². The highest BCUT2D eigenvalue weighted by molar-refractivity contribution is 9.10. The van der Waals surface area contributed by atoms with Gasteiger partial charge in [-0.05, 0) is 72.0 Å². The molecule has 172 valence electrons. The molecular formula is C28H26BrN3O2. The molecule has 4 rings (SSSR count). The molecule has 0 radical (unpaired) electrons. The van der Waals surface area contributed by atoms with Gasteiger partial charge in [-0.25, -0.2) is 10.4 Å². The molecule has 1 amide bonds. The molecule has 3 aromatic carbocycles. The van der Waals surface area contributed by atoms with Crippen molar-refractivity contribution >= 4 is 38.5 Å². The lowest BCUT2D eigenvalue weighted by molar-refractivity contribution is 0.0956. The van der Waals surface area contributed by atoms with Crippen LogP contribution in [0.2, 0.25) is 0 Å². The number of hydrazone groups is 1. The maximum Gasteiger partial charge on any atom is 0.272 e. The summed E-state index contributed by atoms with van der Waals surface area (Å²) in [5.74, 6) is -0.150. The van der Waals surface area contributed by atoms with Crippen molar-refractivity contribution in [1.29, 1.82) is 0 Å². The lowest BCUT2D eigenvalue weighted by Crippen LogP contribution is -2.20. The minimum Gasteiger partial charge on any atom is -0.508 e. The summed E-state index contributed by atoms with van der Waals surface area (Å²) in [7, 11) is 0. The van der Waals surface area contributed by atoms with E-state index in [1.54, 1.807) is 30.3 Å². The fraction of sp³-hybridized carbons (Fsp3) is 0.179. The number of aromatic nitrogens is 1. The van der Waals surface area contributed by atoms with Crippen molar-refractivity contribution in [2.75, 3.05) is 0 Å². The molecule has 0 aliphatic heterocycles. The first-order valence-corrected chi connectivity index (χ1v) is 11.8. The molecule has 0 atom stereocenters. The second-order valence-electron chi connectivity index (χ2n) is 9.23. The van der Waals surface area contributed by atoms with Gasteiger partial charge in [0.1, 0.15) is 5.75 Å². The Morgan fingerprint density at radius 2 is 1.65 bits per heavy atom. The molecule has 0 spiro atoms. The van der Waals surface area contributed by atoms with E-state index in [1.807, 2.05) is 37.3 Å². The zero-order chi connectivity index (χ0) is 24.5. The van der Waals surface area contributed by atoms with Gasteiger partial charge in [0.2, 0.25) is 0 Å². The summed E-state index contributed by atoms with van der Waals surface area (Å²) in [5, 5.41) is 14.7. The van der Waals surface area contributed by atoms with E-state index in [0.29, 0.717) is 22.5 Å². The highest BCUT2D eigenvalue weighted by Crippen LogP contribution is 2.28. The smallest absolute Gasteiger partial charge is 0.272 e. The van der Waals surface area contributed by atoms with Crippen molar-refractivity contribution in [3.05, 3.63) is 94.0 Å². The van der Waals surface area contributed by atoms with Gasteiger partial charge in [-0.15, -0.1) is 0 Å². The van der Waals surface area contributed by atoms with Gasteiger partial charge in [-0.3, -0.25) is 4.79 Å². The Bertz CT molecular complexity index is 1390. The van der Waals surface area contributed by atoms with Crippen LogP contribution in [0.15, 0.2) is 82.4 Å². The van der Waals surface area contributed by atoms with Crippen LogP contribution in [-0.2, 0) is 5.41 Å². The third-order valence-electron chi connectivity index (χ3n) is 5.67. The predicted molar refractivity (Wildman–Crippen MR) is 141 cm³/mol. The molecule has 6 heteroatoms. The van der Waals surface area contributed by atoms with Crippen LogP contribution in [0.3, 0.4) is 0 Å². The van der Waals surface area contributed by atoms with E-state index >= 15 is 0 Å². The summed E-state index contributed by atoms with van der Waals surface area (Å²) in [6.07, 6.45) is 0. The summed E-state index contributed by atoms with van der Waals surface area (Å²) < 4.78 is 0.854. The van der Waals surface area contributed by atoms with Crippen LogP contribution in [0.1, 0.15) is 49.2 Å². The highest BCUT2D eigenvalue weighted by Gasteiger charge is 2.16. The van der Waals surface area contributed by atoms with Crippen LogP contribution in [0.5, 0.6) is 5.75 Å². The minimum atomic E-state index is -0.323. The van der Waals surface area contributed by atoms with Crippen molar-refractivity contribution in [1.82, 2.24) is 10.4 Å². The Hall–Kier alpha value is -3.51. The molecule has 0 saturated heterocycles. The summed E-state index contributed by atoms with van der Waals surface area (Å²) in [6, 6.07) is 22.3. The quantitative estimate of drug-likeness (QED) is 0.231. The number of rotatable bonds is 4. The lowest BCUT2D eigenvalue weighted by Gasteiger charge is -2.19. The SMILES string of the molecule is CC(=NNC(=O)c1cc(-c2ccc(O)cc2)nc2ccc(Br)cc12)c1ccc(C(C)(C)C)cc1. The molecule has 0 saturated carbocycles. The number of phenolic OH excluding ortho intramolecular Hbond substituents is 1. The number of amides is 1. The number of hydrogen-bond donors (Lipinski definition) is 2. The second-order valence-corrected chi connectivity index (χ2v) is 10.1. The molecule has 2 N–H and O–H groups in total. The van der Waals surface area contributed by atoms with Gasteiger partial charge in [0, 0.05) is 15.4 Å². The Morgan fingerprint density at radius 3 is 2.29 bits per heavy atom. The average molecular weight is 516 g/mol. The van der Waals surface area contributed by atoms with Crippen LogP contribution in [-0.4, -0.2) is 21.7 Å². The number of benzene rings is 3. The molecule has 0 aliphatic carbocycles. The summed E-state index contributed by atoms with van der Waals surface area (Å²) in [6.45, 7) is 8.39. The maximum absolute atomic E-state index is 13.2. The molecule has 1 heterocycles. The molecule has 34 heavy (non-hydrogen) atoms. The van der Waals surface area contributed by atoms with Crippen LogP contribution < -0.4 is 5.43 Å². The zero-order valence-corrected chi connectivity index (χ0v) is 21.1. The Kier molecular flexibility index (Phi) is 6.53. The van der Waals surface area contributed by atoms with E-state index in [-0.39, 0.29) is 17.1 Å². The molecular weight excluding hydrogens is 490 g/mol. The number of nitrogens with one attached hydrogen (secondary N) is 1. The van der Waals surface area contributed by atoms with Crippen LogP contribution in [0.25, 0.3) is 22.2 Å². The predicted octanol–water partition coefficient (Wildman–Crippen LogP) is 6.82. The van der Waals surface area contributed by atoms with Gasteiger partial charge < -0.3 is 5.11 Å². The molecule has 0 bridgehead atoms. The largest absolute Gasteiger partial charge is 0.508 e. The number of nitrogens with zero attached hydrogens (tertiary/aromatic N) is 2. The van der Waals surface area contributed by atoms with E-state index in [9.17, 15) is 9.90 Å². The van der Waals surface area contributed by atoms with Gasteiger partial charge in [-0.2, -0.15) is 5.10 Å². The van der Waals surface area contributed by atoms with E-state index in [1.165, 1.54) is 5.56 Å². The average Bonchev–Trinajstić information content (AvgIpc) is 2.81. The van der Waals surface area contributed by atoms with Crippen LogP contribution in [0, 0.1) is 0 Å². The van der Waals surface area contributed by atoms with Gasteiger partial charge in [-0.1, -0.05) is 61.0 Å². The van der Waals surface area contributed by atoms with E-state index in [0.717, 1.165) is 21.0 Å². The van der Waals surface area contributed by atoms with Crippen LogP contribution in [0.4, 0.5) is 0 Å². The van der Waals surface area contributed by atoms with Crippen molar-refractivity contribution in [3.63, 3.8) is 0 Å². The number of hydrogen-bond acceptors (Lipinski definition) is 4. The summed E-state index contributed by atoms with van der Waals surface area (Å²) in [5.41, 5.74) is 8.28. The first kappa shape index (κ1) is 23.6. The van der Waals surface area contributed by atoms with Crippen molar-refractivity contribution < 1.29 is 9.90 Å². The first-order valence-electron chi connectivity index (χ1n) is 11.0. The topological polar surface area (TPSA) is 74.6 Å². The van der Waals surface area contributed by atoms with Crippen molar-refractivity contribution in [2.24, 2.45) is 5.10 Å². The first-order chi connectivity index (χ1) is 16.1. The number of fused-ring (bicyclic) bond motifs is 1. The molecule has 1 aromatic heterocycles. The summed E-state index contributed by atoms with van der Waals surface area (Å²) >= 11 is 3.48. The van der Waals surface area contributed by atoms with Crippen molar-refractivity contribution in [3.8, 4) is 17.0 Å². The zero-order valence-electron chi connectivity index (χ0n) is 19.6. The van der Waals surface area contributed by atoms with Gasteiger partial charge in [0.05, 0.1) is 22.5 Å². The molecule has 4 aromatic rings. The van der Waals surface area contributed by atoms with Gasteiger partial charge in [0.15, 0.2) is 0 Å². The second kappa shape index (κ2) is 9.39. The van der Waals surface area contributed by atoms with E-state index in [4.69, 9.17) is 4.98 Å². The van der Waals surface area contributed by atoms with Crippen LogP contribution >= 0.6 is 15.9 Å². The van der Waals surface area contributed by atoms with Gasteiger partial charge >= 0.3 is 0 Å². The summed E-state index contributed by atoms with van der Waals surface area (Å²) in [4.78, 5) is 17.9. The number of aromatic hydroxyl groups is 1. The van der Waals surface area contributed by atoms with Crippen molar-refractivity contribution in [2.45, 2.75) is 33.1 Å².